The average Bonchev–Trinajstić information content (AvgIpc) is 2.95. The van der Waals surface area contributed by atoms with Crippen LogP contribution in [-0.4, -0.2) is 42.8 Å². The summed E-state index contributed by atoms with van der Waals surface area (Å²) < 4.78 is 10.8. The fourth-order valence-corrected chi connectivity index (χ4v) is 2.95. The van der Waals surface area contributed by atoms with Gasteiger partial charge in [-0.15, -0.1) is 0 Å². The SMILES string of the molecule is CCCCOC[C@@H](C(=O)N1C(=O)OC[C@H]1Cc1ccccc1)C(C)C. The summed E-state index contributed by atoms with van der Waals surface area (Å²) in [6.45, 7) is 7.31. The largest absolute Gasteiger partial charge is 0.447 e. The maximum atomic E-state index is 13.0. The van der Waals surface area contributed by atoms with Gasteiger partial charge in [0, 0.05) is 6.61 Å². The molecular formula is C20H29NO4. The van der Waals surface area contributed by atoms with Crippen molar-refractivity contribution in [3.8, 4) is 0 Å². The predicted molar refractivity (Wildman–Crippen MR) is 96.2 cm³/mol. The van der Waals surface area contributed by atoms with Gasteiger partial charge in [-0.05, 0) is 24.3 Å². The summed E-state index contributed by atoms with van der Waals surface area (Å²) in [4.78, 5) is 26.5. The van der Waals surface area contributed by atoms with Crippen molar-refractivity contribution in [1.29, 1.82) is 0 Å². The molecule has 2 atom stereocenters. The molecule has 5 heteroatoms. The van der Waals surface area contributed by atoms with Gasteiger partial charge in [0.15, 0.2) is 0 Å². The van der Waals surface area contributed by atoms with Gasteiger partial charge in [0.05, 0.1) is 18.6 Å². The molecule has 1 aliphatic heterocycles. The number of carbonyl (C=O) groups excluding carboxylic acids is 2. The third kappa shape index (κ3) is 5.30. The van der Waals surface area contributed by atoms with E-state index in [9.17, 15) is 9.59 Å². The van der Waals surface area contributed by atoms with Gasteiger partial charge in [-0.2, -0.15) is 0 Å². The van der Waals surface area contributed by atoms with E-state index < -0.39 is 6.09 Å². The second-order valence-corrected chi connectivity index (χ2v) is 6.91. The van der Waals surface area contributed by atoms with Crippen molar-refractivity contribution in [1.82, 2.24) is 4.90 Å². The second-order valence-electron chi connectivity index (χ2n) is 6.91. The molecule has 0 radical (unpaired) electrons. The van der Waals surface area contributed by atoms with Gasteiger partial charge in [0.2, 0.25) is 5.91 Å². The number of ether oxygens (including phenoxy) is 2. The number of amides is 2. The Morgan fingerprint density at radius 2 is 2.04 bits per heavy atom. The highest BCUT2D eigenvalue weighted by molar-refractivity contribution is 5.95. The van der Waals surface area contributed by atoms with Gasteiger partial charge in [0.1, 0.15) is 6.61 Å². The van der Waals surface area contributed by atoms with Gasteiger partial charge in [-0.1, -0.05) is 57.5 Å². The zero-order valence-corrected chi connectivity index (χ0v) is 15.4. The molecule has 0 saturated carbocycles. The standard InChI is InChI=1S/C20H29NO4/c1-4-5-11-24-14-18(15(2)3)19(22)21-17(13-25-20(21)23)12-16-9-7-6-8-10-16/h6-10,15,17-18H,4-5,11-14H2,1-3H3/t17-,18-/m1/s1. The van der Waals surface area contributed by atoms with Gasteiger partial charge in [-0.25, -0.2) is 9.69 Å². The van der Waals surface area contributed by atoms with E-state index in [0.717, 1.165) is 18.4 Å². The van der Waals surface area contributed by atoms with E-state index in [1.165, 1.54) is 4.90 Å². The number of unbranched alkanes of at least 4 members (excludes halogenated alkanes) is 1. The Hall–Kier alpha value is -1.88. The first-order chi connectivity index (χ1) is 12.0. The number of carbonyl (C=O) groups is 2. The lowest BCUT2D eigenvalue weighted by Crippen LogP contribution is -2.46. The molecule has 0 spiro atoms. The minimum absolute atomic E-state index is 0.0971. The monoisotopic (exact) mass is 347 g/mol. The quantitative estimate of drug-likeness (QED) is 0.640. The molecular weight excluding hydrogens is 318 g/mol. The number of imide groups is 1. The smallest absolute Gasteiger partial charge is 0.416 e. The van der Waals surface area contributed by atoms with Crippen molar-refractivity contribution in [2.24, 2.45) is 11.8 Å². The summed E-state index contributed by atoms with van der Waals surface area (Å²) in [5.41, 5.74) is 1.09. The maximum absolute atomic E-state index is 13.0. The van der Waals surface area contributed by atoms with E-state index >= 15 is 0 Å². The van der Waals surface area contributed by atoms with Crippen LogP contribution >= 0.6 is 0 Å². The summed E-state index contributed by atoms with van der Waals surface area (Å²) in [5.74, 6) is -0.421. The minimum Gasteiger partial charge on any atom is -0.447 e. The van der Waals surface area contributed by atoms with Crippen LogP contribution in [0.4, 0.5) is 4.79 Å². The highest BCUT2D eigenvalue weighted by Crippen LogP contribution is 2.23. The Balaban J connectivity index is 2.05. The summed E-state index contributed by atoms with van der Waals surface area (Å²) in [6.07, 6.45) is 2.10. The van der Waals surface area contributed by atoms with Crippen LogP contribution in [0.3, 0.4) is 0 Å². The maximum Gasteiger partial charge on any atom is 0.416 e. The van der Waals surface area contributed by atoms with Gasteiger partial charge in [0.25, 0.3) is 0 Å². The normalized spacial score (nSPS) is 18.5. The summed E-state index contributed by atoms with van der Waals surface area (Å²) >= 11 is 0. The number of benzene rings is 1. The summed E-state index contributed by atoms with van der Waals surface area (Å²) in [6, 6.07) is 9.61. The van der Waals surface area contributed by atoms with Crippen LogP contribution in [0.1, 0.15) is 39.2 Å². The number of cyclic esters (lactones) is 1. The fourth-order valence-electron chi connectivity index (χ4n) is 2.95. The predicted octanol–water partition coefficient (Wildman–Crippen LogP) is 3.67. The van der Waals surface area contributed by atoms with E-state index in [1.807, 2.05) is 44.2 Å². The van der Waals surface area contributed by atoms with E-state index in [4.69, 9.17) is 9.47 Å². The first kappa shape index (κ1) is 19.4. The average molecular weight is 347 g/mol. The summed E-state index contributed by atoms with van der Waals surface area (Å²) in [5, 5.41) is 0. The highest BCUT2D eigenvalue weighted by atomic mass is 16.6. The molecule has 5 nitrogen and oxygen atoms in total. The molecule has 1 fully saturated rings. The molecule has 0 aliphatic carbocycles. The number of nitrogens with zero attached hydrogens (tertiary/aromatic N) is 1. The Labute approximate surface area is 150 Å². The molecule has 1 saturated heterocycles. The Bertz CT molecular complexity index is 558. The van der Waals surface area contributed by atoms with Crippen molar-refractivity contribution in [2.45, 2.75) is 46.1 Å². The van der Waals surface area contributed by atoms with Crippen LogP contribution < -0.4 is 0 Å². The van der Waals surface area contributed by atoms with E-state index in [2.05, 4.69) is 6.92 Å². The van der Waals surface area contributed by atoms with Gasteiger partial charge < -0.3 is 9.47 Å². The summed E-state index contributed by atoms with van der Waals surface area (Å²) in [7, 11) is 0. The third-order valence-electron chi connectivity index (χ3n) is 4.57. The van der Waals surface area contributed by atoms with E-state index in [1.54, 1.807) is 0 Å². The lowest BCUT2D eigenvalue weighted by molar-refractivity contribution is -0.137. The van der Waals surface area contributed by atoms with Gasteiger partial charge >= 0.3 is 6.09 Å². The first-order valence-corrected chi connectivity index (χ1v) is 9.16. The molecule has 2 rings (SSSR count). The topological polar surface area (TPSA) is 55.8 Å². The Kier molecular flexibility index (Phi) is 7.44. The fraction of sp³-hybridized carbons (Fsp3) is 0.600. The lowest BCUT2D eigenvalue weighted by Gasteiger charge is -2.27. The van der Waals surface area contributed by atoms with E-state index in [-0.39, 0.29) is 30.4 Å². The number of hydrogen-bond acceptors (Lipinski definition) is 4. The van der Waals surface area contributed by atoms with Crippen LogP contribution in [-0.2, 0) is 20.7 Å². The van der Waals surface area contributed by atoms with Crippen molar-refractivity contribution in [3.63, 3.8) is 0 Å². The zero-order chi connectivity index (χ0) is 18.2. The number of hydrogen-bond donors (Lipinski definition) is 0. The van der Waals surface area contributed by atoms with Crippen LogP contribution in [0.2, 0.25) is 0 Å². The van der Waals surface area contributed by atoms with E-state index in [0.29, 0.717) is 19.6 Å². The zero-order valence-electron chi connectivity index (χ0n) is 15.4. The molecule has 1 heterocycles. The molecule has 25 heavy (non-hydrogen) atoms. The third-order valence-corrected chi connectivity index (χ3v) is 4.57. The van der Waals surface area contributed by atoms with Crippen LogP contribution in [0.25, 0.3) is 0 Å². The molecule has 1 aromatic rings. The van der Waals surface area contributed by atoms with Crippen molar-refractivity contribution in [2.75, 3.05) is 19.8 Å². The van der Waals surface area contributed by atoms with Crippen LogP contribution in [0.15, 0.2) is 30.3 Å². The van der Waals surface area contributed by atoms with Crippen molar-refractivity contribution < 1.29 is 19.1 Å². The van der Waals surface area contributed by atoms with Crippen molar-refractivity contribution in [3.05, 3.63) is 35.9 Å². The van der Waals surface area contributed by atoms with Gasteiger partial charge in [-0.3, -0.25) is 4.79 Å². The van der Waals surface area contributed by atoms with Crippen molar-refractivity contribution >= 4 is 12.0 Å². The molecule has 0 bridgehead atoms. The highest BCUT2D eigenvalue weighted by Gasteiger charge is 2.41. The molecule has 1 aliphatic rings. The number of rotatable bonds is 9. The molecule has 0 N–H and O–H groups in total. The van der Waals surface area contributed by atoms with Crippen LogP contribution in [0, 0.1) is 11.8 Å². The minimum atomic E-state index is -0.537. The molecule has 2 amide bonds. The first-order valence-electron chi connectivity index (χ1n) is 9.16. The molecule has 0 unspecified atom stereocenters. The molecule has 138 valence electrons. The molecule has 0 aromatic heterocycles. The lowest BCUT2D eigenvalue weighted by atomic mass is 9.94. The molecule has 1 aromatic carbocycles. The van der Waals surface area contributed by atoms with Crippen LogP contribution in [0.5, 0.6) is 0 Å². The second kappa shape index (κ2) is 9.56. The Morgan fingerprint density at radius 3 is 2.68 bits per heavy atom. The Morgan fingerprint density at radius 1 is 1.32 bits per heavy atom.